The standard InChI is InChI=1S/C38H47N5O4S/c1-8-29-23-43(48(46)33-13-11-10-12-32(33)47-29)22-28-20-26(15-14-24(28)3)35(30-16-17-31(40-9-2)36(39)25(30)4)38(5,6)41-37(45)27-18-19-42(7)34(44)21-27/h10-21,29,35,40H,8-9,22-23,39H2,1-7H3,(H,41,45)/t29-,35?,48?/m1/s1. The van der Waals surface area contributed by atoms with Gasteiger partial charge in [0.15, 0.2) is 0 Å². The van der Waals surface area contributed by atoms with Crippen LogP contribution >= 0.6 is 0 Å². The zero-order chi connectivity index (χ0) is 34.7. The fourth-order valence-corrected chi connectivity index (χ4v) is 7.74. The molecule has 9 nitrogen and oxygen atoms in total. The average molecular weight is 670 g/mol. The van der Waals surface area contributed by atoms with Crippen molar-refractivity contribution < 1.29 is 13.7 Å². The third kappa shape index (κ3) is 7.19. The number of aryl methyl sites for hydroxylation is 2. The number of pyridine rings is 1. The first-order valence-electron chi connectivity index (χ1n) is 16.5. The Labute approximate surface area is 286 Å². The van der Waals surface area contributed by atoms with E-state index < -0.39 is 16.5 Å². The van der Waals surface area contributed by atoms with Gasteiger partial charge in [-0.1, -0.05) is 43.3 Å². The van der Waals surface area contributed by atoms with Crippen LogP contribution in [-0.2, 0) is 24.6 Å². The first-order chi connectivity index (χ1) is 22.8. The number of carbonyl (C=O) groups excluding carboxylic acids is 1. The van der Waals surface area contributed by atoms with E-state index >= 15 is 0 Å². The quantitative estimate of drug-likeness (QED) is 0.177. The highest BCUT2D eigenvalue weighted by Crippen LogP contribution is 2.41. The number of amides is 1. The number of nitrogens with zero attached hydrogens (tertiary/aromatic N) is 2. The van der Waals surface area contributed by atoms with Crippen molar-refractivity contribution in [2.24, 2.45) is 7.05 Å². The van der Waals surface area contributed by atoms with Crippen LogP contribution in [0.3, 0.4) is 0 Å². The number of ether oxygens (including phenoxy) is 1. The van der Waals surface area contributed by atoms with E-state index in [-0.39, 0.29) is 23.5 Å². The van der Waals surface area contributed by atoms with Gasteiger partial charge in [0.1, 0.15) is 22.8 Å². The smallest absolute Gasteiger partial charge is 0.251 e. The highest BCUT2D eigenvalue weighted by molar-refractivity contribution is 7.82. The second kappa shape index (κ2) is 14.4. The predicted octanol–water partition coefficient (Wildman–Crippen LogP) is 6.05. The fraction of sp³-hybridized carbons (Fsp3) is 0.368. The van der Waals surface area contributed by atoms with E-state index in [4.69, 9.17) is 10.5 Å². The number of carbonyl (C=O) groups is 1. The molecule has 10 heteroatoms. The normalized spacial score (nSPS) is 17.1. The van der Waals surface area contributed by atoms with Gasteiger partial charge in [-0.25, -0.2) is 8.51 Å². The molecule has 5 rings (SSSR count). The fourth-order valence-electron chi connectivity index (χ4n) is 6.42. The van der Waals surface area contributed by atoms with Gasteiger partial charge in [0, 0.05) is 56.0 Å². The average Bonchev–Trinajstić information content (AvgIpc) is 3.19. The van der Waals surface area contributed by atoms with Gasteiger partial charge in [-0.2, -0.15) is 0 Å². The van der Waals surface area contributed by atoms with Crippen molar-refractivity contribution >= 4 is 28.3 Å². The molecule has 1 aliphatic rings. The number of rotatable bonds is 10. The summed E-state index contributed by atoms with van der Waals surface area (Å²) in [6.45, 7) is 13.9. The summed E-state index contributed by atoms with van der Waals surface area (Å²) in [5, 5.41) is 6.58. The number of nitrogens with one attached hydrogen (secondary N) is 2. The van der Waals surface area contributed by atoms with E-state index in [9.17, 15) is 13.8 Å². The molecule has 3 atom stereocenters. The Morgan fingerprint density at radius 3 is 2.54 bits per heavy atom. The molecule has 1 amide bonds. The van der Waals surface area contributed by atoms with Crippen molar-refractivity contribution in [2.45, 2.75) is 77.0 Å². The first-order valence-corrected chi connectivity index (χ1v) is 17.6. The monoisotopic (exact) mass is 669 g/mol. The number of nitrogen functional groups attached to an aromatic ring is 1. The van der Waals surface area contributed by atoms with Crippen LogP contribution in [0.5, 0.6) is 5.75 Å². The molecule has 4 N–H and O–H groups in total. The topological polar surface area (TPSA) is 119 Å². The van der Waals surface area contributed by atoms with E-state index in [1.54, 1.807) is 19.3 Å². The van der Waals surface area contributed by atoms with Gasteiger partial charge >= 0.3 is 0 Å². The van der Waals surface area contributed by atoms with Gasteiger partial charge in [-0.3, -0.25) is 9.59 Å². The Balaban J connectivity index is 1.58. The van der Waals surface area contributed by atoms with Crippen LogP contribution < -0.4 is 26.7 Å². The molecule has 0 aliphatic carbocycles. The summed E-state index contributed by atoms with van der Waals surface area (Å²) in [4.78, 5) is 26.7. The summed E-state index contributed by atoms with van der Waals surface area (Å²) in [7, 11) is 0.236. The van der Waals surface area contributed by atoms with Gasteiger partial charge in [0.25, 0.3) is 11.5 Å². The zero-order valence-electron chi connectivity index (χ0n) is 28.9. The zero-order valence-corrected chi connectivity index (χ0v) is 29.7. The summed E-state index contributed by atoms with van der Waals surface area (Å²) < 4.78 is 23.6. The molecule has 0 saturated heterocycles. The minimum atomic E-state index is -1.42. The largest absolute Gasteiger partial charge is 0.488 e. The van der Waals surface area contributed by atoms with Crippen LogP contribution in [0, 0.1) is 13.8 Å². The van der Waals surface area contributed by atoms with E-state index in [2.05, 4.69) is 48.7 Å². The molecule has 0 spiro atoms. The summed E-state index contributed by atoms with van der Waals surface area (Å²) >= 11 is 0. The van der Waals surface area contributed by atoms with Crippen molar-refractivity contribution in [3.05, 3.63) is 117 Å². The molecule has 254 valence electrons. The van der Waals surface area contributed by atoms with E-state index in [0.717, 1.165) is 46.5 Å². The van der Waals surface area contributed by atoms with Crippen LogP contribution in [0.2, 0.25) is 0 Å². The van der Waals surface area contributed by atoms with Crippen molar-refractivity contribution in [1.82, 2.24) is 14.2 Å². The molecule has 3 aromatic carbocycles. The van der Waals surface area contributed by atoms with Crippen LogP contribution in [0.25, 0.3) is 0 Å². The lowest BCUT2D eigenvalue weighted by Gasteiger charge is -2.38. The van der Waals surface area contributed by atoms with Crippen LogP contribution in [0.15, 0.2) is 82.6 Å². The molecule has 0 radical (unpaired) electrons. The minimum Gasteiger partial charge on any atom is -0.488 e. The lowest BCUT2D eigenvalue weighted by atomic mass is 9.74. The highest BCUT2D eigenvalue weighted by atomic mass is 32.2. The number of anilines is 2. The number of benzene rings is 3. The second-order valence-electron chi connectivity index (χ2n) is 13.1. The lowest BCUT2D eigenvalue weighted by molar-refractivity contribution is 0.0905. The van der Waals surface area contributed by atoms with Crippen molar-refractivity contribution in [2.75, 3.05) is 24.1 Å². The maximum atomic E-state index is 13.9. The summed E-state index contributed by atoms with van der Waals surface area (Å²) in [6, 6.07) is 21.0. The highest BCUT2D eigenvalue weighted by Gasteiger charge is 2.36. The maximum Gasteiger partial charge on any atom is 0.251 e. The van der Waals surface area contributed by atoms with Crippen LogP contribution in [0.4, 0.5) is 11.4 Å². The van der Waals surface area contributed by atoms with Crippen molar-refractivity contribution in [1.29, 1.82) is 0 Å². The summed E-state index contributed by atoms with van der Waals surface area (Å²) in [5.41, 5.74) is 12.4. The first kappa shape index (κ1) is 34.9. The van der Waals surface area contributed by atoms with Crippen LogP contribution in [-0.4, -0.2) is 43.7 Å². The molecule has 0 saturated carbocycles. The summed E-state index contributed by atoms with van der Waals surface area (Å²) in [5.74, 6) is 0.000115. The van der Waals surface area contributed by atoms with Gasteiger partial charge in [-0.05, 0) is 93.1 Å². The van der Waals surface area contributed by atoms with Gasteiger partial charge in [0.05, 0.1) is 16.3 Å². The van der Waals surface area contributed by atoms with Gasteiger partial charge in [0.2, 0.25) is 0 Å². The Kier molecular flexibility index (Phi) is 10.5. The Bertz CT molecular complexity index is 1900. The predicted molar refractivity (Wildman–Crippen MR) is 194 cm³/mol. The van der Waals surface area contributed by atoms with Crippen molar-refractivity contribution in [3.63, 3.8) is 0 Å². The third-order valence-electron chi connectivity index (χ3n) is 9.24. The molecule has 2 unspecified atom stereocenters. The molecule has 1 aromatic heterocycles. The number of para-hydroxylation sites is 1. The summed E-state index contributed by atoms with van der Waals surface area (Å²) in [6.07, 6.45) is 2.28. The maximum absolute atomic E-state index is 13.9. The van der Waals surface area contributed by atoms with Gasteiger partial charge in [-0.15, -0.1) is 0 Å². The molecule has 2 heterocycles. The Morgan fingerprint density at radius 2 is 1.83 bits per heavy atom. The minimum absolute atomic E-state index is 0.0985. The molecule has 1 aliphatic heterocycles. The van der Waals surface area contributed by atoms with Crippen LogP contribution in [0.1, 0.15) is 78.2 Å². The third-order valence-corrected chi connectivity index (χ3v) is 10.7. The number of hydrogen-bond donors (Lipinski definition) is 3. The lowest BCUT2D eigenvalue weighted by Crippen LogP contribution is -2.48. The number of hydrogen-bond acceptors (Lipinski definition) is 6. The van der Waals surface area contributed by atoms with E-state index in [0.29, 0.717) is 35.0 Å². The number of nitrogens with two attached hydrogens (primary N) is 1. The molecule has 0 bridgehead atoms. The Morgan fingerprint density at radius 1 is 1.08 bits per heavy atom. The van der Waals surface area contributed by atoms with E-state index in [1.165, 1.54) is 10.6 Å². The number of fused-ring (bicyclic) bond motifs is 1. The second-order valence-corrected chi connectivity index (χ2v) is 14.6. The molecule has 48 heavy (non-hydrogen) atoms. The molecular weight excluding hydrogens is 623 g/mol. The Hall–Kier alpha value is -4.41. The van der Waals surface area contributed by atoms with E-state index in [1.807, 2.05) is 62.3 Å². The van der Waals surface area contributed by atoms with Gasteiger partial charge < -0.3 is 25.7 Å². The van der Waals surface area contributed by atoms with Crippen molar-refractivity contribution in [3.8, 4) is 5.75 Å². The number of aromatic nitrogens is 1. The molecular formula is C38H47N5O4S. The SMILES string of the molecule is CCNc1ccc(C(c2ccc(C)c(CN3C[C@@H](CC)Oc4ccccc4S3=O)c2)C(C)(C)NC(=O)c2ccn(C)c(=O)c2)c(C)c1N. The molecule has 0 fully saturated rings. The molecule has 4 aromatic rings.